The van der Waals surface area contributed by atoms with Gasteiger partial charge in [-0.2, -0.15) is 0 Å². The summed E-state index contributed by atoms with van der Waals surface area (Å²) in [6.07, 6.45) is 9.49. The van der Waals surface area contributed by atoms with Crippen molar-refractivity contribution in [3.05, 3.63) is 120 Å². The Morgan fingerprint density at radius 2 is 1.66 bits per heavy atom. The molecule has 5 heteroatoms. The SMILES string of the molecule is COc1ccc(C(CNC(=O)c2ccc(/C=C/c3ccccc3)cc2)n2ccnc2)cc1. The normalized spacial score (nSPS) is 11.9. The van der Waals surface area contributed by atoms with Gasteiger partial charge in [0.2, 0.25) is 0 Å². The van der Waals surface area contributed by atoms with Crippen LogP contribution < -0.4 is 10.1 Å². The highest BCUT2D eigenvalue weighted by atomic mass is 16.5. The first-order chi connectivity index (χ1) is 15.7. The summed E-state index contributed by atoms with van der Waals surface area (Å²) in [4.78, 5) is 16.9. The molecule has 0 aliphatic carbocycles. The molecule has 0 aliphatic rings. The molecule has 1 atom stereocenters. The Labute approximate surface area is 188 Å². The third-order valence-corrected chi connectivity index (χ3v) is 5.28. The molecule has 160 valence electrons. The zero-order valence-electron chi connectivity index (χ0n) is 17.9. The van der Waals surface area contributed by atoms with Gasteiger partial charge in [-0.15, -0.1) is 0 Å². The van der Waals surface area contributed by atoms with Gasteiger partial charge in [-0.1, -0.05) is 66.7 Å². The lowest BCUT2D eigenvalue weighted by Gasteiger charge is -2.20. The molecule has 3 aromatic carbocycles. The van der Waals surface area contributed by atoms with Gasteiger partial charge in [0.1, 0.15) is 5.75 Å². The zero-order valence-corrected chi connectivity index (χ0v) is 17.9. The minimum Gasteiger partial charge on any atom is -0.497 e. The topological polar surface area (TPSA) is 56.1 Å². The van der Waals surface area contributed by atoms with E-state index < -0.39 is 0 Å². The third kappa shape index (κ3) is 5.32. The Morgan fingerprint density at radius 1 is 0.969 bits per heavy atom. The molecular formula is C27H25N3O2. The largest absolute Gasteiger partial charge is 0.497 e. The molecule has 32 heavy (non-hydrogen) atoms. The summed E-state index contributed by atoms with van der Waals surface area (Å²) < 4.78 is 7.24. The van der Waals surface area contributed by atoms with E-state index in [9.17, 15) is 4.79 Å². The van der Waals surface area contributed by atoms with Crippen LogP contribution in [0, 0.1) is 0 Å². The van der Waals surface area contributed by atoms with Crippen LogP contribution in [-0.4, -0.2) is 29.1 Å². The fourth-order valence-electron chi connectivity index (χ4n) is 3.47. The quantitative estimate of drug-likeness (QED) is 0.402. The van der Waals surface area contributed by atoms with Gasteiger partial charge in [-0.25, -0.2) is 4.98 Å². The molecule has 1 amide bonds. The Morgan fingerprint density at radius 3 is 2.28 bits per heavy atom. The van der Waals surface area contributed by atoms with Crippen LogP contribution in [0.15, 0.2) is 97.6 Å². The minimum atomic E-state index is -0.109. The molecule has 0 saturated carbocycles. The summed E-state index contributed by atoms with van der Waals surface area (Å²) in [6, 6.07) is 25.5. The number of hydrogen-bond acceptors (Lipinski definition) is 3. The average Bonchev–Trinajstić information content (AvgIpc) is 3.39. The highest BCUT2D eigenvalue weighted by Crippen LogP contribution is 2.21. The van der Waals surface area contributed by atoms with Crippen molar-refractivity contribution in [3.63, 3.8) is 0 Å². The van der Waals surface area contributed by atoms with Gasteiger partial charge in [0, 0.05) is 24.5 Å². The summed E-state index contributed by atoms with van der Waals surface area (Å²) in [5.41, 5.74) is 3.87. The van der Waals surface area contributed by atoms with Gasteiger partial charge in [0.25, 0.3) is 5.91 Å². The summed E-state index contributed by atoms with van der Waals surface area (Å²) in [5, 5.41) is 3.05. The number of rotatable bonds is 8. The molecule has 4 rings (SSSR count). The average molecular weight is 424 g/mol. The molecule has 0 saturated heterocycles. The number of nitrogens with zero attached hydrogens (tertiary/aromatic N) is 2. The number of carbonyl (C=O) groups is 1. The number of amides is 1. The highest BCUT2D eigenvalue weighted by Gasteiger charge is 2.15. The molecule has 1 heterocycles. The van der Waals surface area contributed by atoms with Crippen LogP contribution in [0.1, 0.15) is 33.1 Å². The van der Waals surface area contributed by atoms with E-state index in [-0.39, 0.29) is 11.9 Å². The van der Waals surface area contributed by atoms with E-state index in [1.165, 1.54) is 0 Å². The van der Waals surface area contributed by atoms with Crippen molar-refractivity contribution < 1.29 is 9.53 Å². The number of carbonyl (C=O) groups excluding carboxylic acids is 1. The molecule has 1 unspecified atom stereocenters. The van der Waals surface area contributed by atoms with Crippen LogP contribution >= 0.6 is 0 Å². The molecule has 0 fully saturated rings. The lowest BCUT2D eigenvalue weighted by Crippen LogP contribution is -2.31. The molecule has 4 aromatic rings. The summed E-state index contributed by atoms with van der Waals surface area (Å²) in [7, 11) is 1.64. The van der Waals surface area contributed by atoms with Crippen LogP contribution in [0.2, 0.25) is 0 Å². The van der Waals surface area contributed by atoms with E-state index in [1.54, 1.807) is 19.6 Å². The van der Waals surface area contributed by atoms with E-state index in [4.69, 9.17) is 4.74 Å². The molecule has 0 aliphatic heterocycles. The van der Waals surface area contributed by atoms with E-state index in [0.717, 1.165) is 22.4 Å². The standard InChI is InChI=1S/C27H25N3O2/c1-32-25-15-13-23(14-16-25)26(30-18-17-28-20-30)19-29-27(31)24-11-9-22(10-12-24)8-7-21-5-3-2-4-6-21/h2-18,20,26H,19H2,1H3,(H,29,31)/b8-7+. The smallest absolute Gasteiger partial charge is 0.251 e. The van der Waals surface area contributed by atoms with Gasteiger partial charge in [-0.05, 0) is 41.0 Å². The number of methoxy groups -OCH3 is 1. The number of ether oxygens (including phenoxy) is 1. The number of imidazole rings is 1. The second kappa shape index (κ2) is 10.3. The van der Waals surface area contributed by atoms with Crippen molar-refractivity contribution in [2.75, 3.05) is 13.7 Å². The van der Waals surface area contributed by atoms with Crippen LogP contribution in [-0.2, 0) is 0 Å². The number of hydrogen-bond donors (Lipinski definition) is 1. The predicted molar refractivity (Wildman–Crippen MR) is 128 cm³/mol. The van der Waals surface area contributed by atoms with Gasteiger partial charge in [0.15, 0.2) is 0 Å². The summed E-state index contributed by atoms with van der Waals surface area (Å²) >= 11 is 0. The maximum Gasteiger partial charge on any atom is 0.251 e. The predicted octanol–water partition coefficient (Wildman–Crippen LogP) is 5.08. The molecule has 1 aromatic heterocycles. The third-order valence-electron chi connectivity index (χ3n) is 5.28. The maximum absolute atomic E-state index is 12.8. The van der Waals surface area contributed by atoms with E-state index in [2.05, 4.69) is 28.5 Å². The lowest BCUT2D eigenvalue weighted by atomic mass is 10.1. The molecular weight excluding hydrogens is 398 g/mol. The Bertz CT molecular complexity index is 1150. The number of nitrogens with one attached hydrogen (secondary N) is 1. The van der Waals surface area contributed by atoms with Crippen molar-refractivity contribution >= 4 is 18.1 Å². The van der Waals surface area contributed by atoms with Gasteiger partial charge < -0.3 is 14.6 Å². The zero-order chi connectivity index (χ0) is 22.2. The first-order valence-electron chi connectivity index (χ1n) is 10.5. The van der Waals surface area contributed by atoms with E-state index >= 15 is 0 Å². The minimum absolute atomic E-state index is 0.0690. The Balaban J connectivity index is 1.42. The van der Waals surface area contributed by atoms with Crippen LogP contribution in [0.25, 0.3) is 12.2 Å². The van der Waals surface area contributed by atoms with E-state index in [0.29, 0.717) is 12.1 Å². The Hall–Kier alpha value is -4.12. The Kier molecular flexibility index (Phi) is 6.78. The first-order valence-corrected chi connectivity index (χ1v) is 10.5. The van der Waals surface area contributed by atoms with Crippen molar-refractivity contribution in [1.29, 1.82) is 0 Å². The van der Waals surface area contributed by atoms with Gasteiger partial charge in [-0.3, -0.25) is 4.79 Å². The monoisotopic (exact) mass is 423 g/mol. The van der Waals surface area contributed by atoms with Crippen molar-refractivity contribution in [3.8, 4) is 5.75 Å². The fraction of sp³-hybridized carbons (Fsp3) is 0.111. The second-order valence-corrected chi connectivity index (χ2v) is 7.37. The molecule has 5 nitrogen and oxygen atoms in total. The first kappa shape index (κ1) is 21.1. The van der Waals surface area contributed by atoms with Gasteiger partial charge >= 0.3 is 0 Å². The highest BCUT2D eigenvalue weighted by molar-refractivity contribution is 5.94. The number of benzene rings is 3. The van der Waals surface area contributed by atoms with Crippen molar-refractivity contribution in [2.24, 2.45) is 0 Å². The second-order valence-electron chi connectivity index (χ2n) is 7.37. The van der Waals surface area contributed by atoms with Crippen LogP contribution in [0.4, 0.5) is 0 Å². The fourth-order valence-corrected chi connectivity index (χ4v) is 3.47. The lowest BCUT2D eigenvalue weighted by molar-refractivity contribution is 0.0949. The molecule has 0 bridgehead atoms. The summed E-state index contributed by atoms with van der Waals surface area (Å²) in [6.45, 7) is 0.442. The molecule has 1 N–H and O–H groups in total. The maximum atomic E-state index is 12.8. The number of aromatic nitrogens is 2. The molecule has 0 spiro atoms. The molecule has 0 radical (unpaired) electrons. The van der Waals surface area contributed by atoms with Crippen LogP contribution in [0.5, 0.6) is 5.75 Å². The van der Waals surface area contributed by atoms with Gasteiger partial charge in [0.05, 0.1) is 19.5 Å². The van der Waals surface area contributed by atoms with Crippen molar-refractivity contribution in [1.82, 2.24) is 14.9 Å². The van der Waals surface area contributed by atoms with Crippen LogP contribution in [0.3, 0.4) is 0 Å². The summed E-state index contributed by atoms with van der Waals surface area (Å²) in [5.74, 6) is 0.686. The van der Waals surface area contributed by atoms with Crippen molar-refractivity contribution in [2.45, 2.75) is 6.04 Å². The van der Waals surface area contributed by atoms with E-state index in [1.807, 2.05) is 83.6 Å².